The molecule has 3 aromatic rings. The molecule has 0 amide bonds. The molecule has 0 bridgehead atoms. The Kier molecular flexibility index (Phi) is 6.92. The normalized spacial score (nSPS) is 11.0. The molecule has 0 aliphatic heterocycles. The number of nitrogens with zero attached hydrogens (tertiary/aromatic N) is 2. The number of furan rings is 1. The van der Waals surface area contributed by atoms with Crippen molar-refractivity contribution in [1.29, 1.82) is 0 Å². The fourth-order valence-electron chi connectivity index (χ4n) is 3.21. The van der Waals surface area contributed by atoms with Crippen molar-refractivity contribution in [1.82, 2.24) is 9.55 Å². The lowest BCUT2D eigenvalue weighted by molar-refractivity contribution is -0.140. The second kappa shape index (κ2) is 9.59. The summed E-state index contributed by atoms with van der Waals surface area (Å²) in [5, 5.41) is 6.41. The van der Waals surface area contributed by atoms with Crippen molar-refractivity contribution in [2.45, 2.75) is 46.1 Å². The quantitative estimate of drug-likeness (QED) is 0.382. The van der Waals surface area contributed by atoms with Crippen molar-refractivity contribution in [2.24, 2.45) is 0 Å². The molecule has 0 aliphatic rings. The van der Waals surface area contributed by atoms with Crippen LogP contribution in [0.2, 0.25) is 0 Å². The SMILES string of the molecule is COC(=O)CCCCCNc1nc(-c2cc(C)n(Cc3ccco3)c2C)cs1. The molecule has 7 heteroatoms. The Bertz CT molecular complexity index is 896. The van der Waals surface area contributed by atoms with Gasteiger partial charge in [0.25, 0.3) is 0 Å². The predicted molar refractivity (Wildman–Crippen MR) is 112 cm³/mol. The zero-order chi connectivity index (χ0) is 19.9. The van der Waals surface area contributed by atoms with E-state index >= 15 is 0 Å². The van der Waals surface area contributed by atoms with E-state index < -0.39 is 0 Å². The highest BCUT2D eigenvalue weighted by atomic mass is 32.1. The average molecular weight is 402 g/mol. The van der Waals surface area contributed by atoms with Gasteiger partial charge in [0.2, 0.25) is 0 Å². The highest BCUT2D eigenvalue weighted by molar-refractivity contribution is 7.14. The van der Waals surface area contributed by atoms with Crippen LogP contribution in [0.15, 0.2) is 34.3 Å². The Hall–Kier alpha value is -2.54. The Morgan fingerprint density at radius 2 is 2.18 bits per heavy atom. The summed E-state index contributed by atoms with van der Waals surface area (Å²) in [6.45, 7) is 5.81. The van der Waals surface area contributed by atoms with Crippen molar-refractivity contribution in [3.05, 3.63) is 47.0 Å². The maximum absolute atomic E-state index is 11.1. The molecule has 0 fully saturated rings. The number of aromatic nitrogens is 2. The number of carbonyl (C=O) groups is 1. The van der Waals surface area contributed by atoms with E-state index in [-0.39, 0.29) is 5.97 Å². The molecule has 3 rings (SSSR count). The van der Waals surface area contributed by atoms with Gasteiger partial charge in [-0.15, -0.1) is 11.3 Å². The summed E-state index contributed by atoms with van der Waals surface area (Å²) in [5.74, 6) is 0.809. The monoisotopic (exact) mass is 401 g/mol. The Balaban J connectivity index is 1.54. The summed E-state index contributed by atoms with van der Waals surface area (Å²) >= 11 is 1.62. The number of esters is 1. The van der Waals surface area contributed by atoms with Crippen LogP contribution in [0, 0.1) is 13.8 Å². The number of hydrogen-bond acceptors (Lipinski definition) is 6. The first-order valence-electron chi connectivity index (χ1n) is 9.54. The second-order valence-electron chi connectivity index (χ2n) is 6.80. The molecule has 150 valence electrons. The number of anilines is 1. The number of carbonyl (C=O) groups excluding carboxylic acids is 1. The lowest BCUT2D eigenvalue weighted by Crippen LogP contribution is -2.03. The molecule has 0 saturated heterocycles. The predicted octanol–water partition coefficient (Wildman–Crippen LogP) is 5.02. The van der Waals surface area contributed by atoms with Crippen LogP contribution in [-0.2, 0) is 16.1 Å². The minimum absolute atomic E-state index is 0.137. The third kappa shape index (κ3) is 5.04. The molecule has 1 N–H and O–H groups in total. The minimum Gasteiger partial charge on any atom is -0.469 e. The van der Waals surface area contributed by atoms with Crippen LogP contribution in [0.3, 0.4) is 0 Å². The largest absolute Gasteiger partial charge is 0.469 e. The topological polar surface area (TPSA) is 69.3 Å². The Labute approximate surface area is 169 Å². The maximum Gasteiger partial charge on any atom is 0.305 e. The molecule has 3 aromatic heterocycles. The summed E-state index contributed by atoms with van der Waals surface area (Å²) in [7, 11) is 1.43. The Morgan fingerprint density at radius 1 is 1.32 bits per heavy atom. The summed E-state index contributed by atoms with van der Waals surface area (Å²) in [4.78, 5) is 15.8. The number of ether oxygens (including phenoxy) is 1. The van der Waals surface area contributed by atoms with Gasteiger partial charge in [-0.05, 0) is 44.9 Å². The number of thiazole rings is 1. The van der Waals surface area contributed by atoms with Crippen molar-refractivity contribution >= 4 is 22.4 Å². The Morgan fingerprint density at radius 3 is 2.93 bits per heavy atom. The zero-order valence-corrected chi connectivity index (χ0v) is 17.5. The average Bonchev–Trinajstić information content (AvgIpc) is 3.42. The van der Waals surface area contributed by atoms with E-state index in [1.807, 2.05) is 12.1 Å². The summed E-state index contributed by atoms with van der Waals surface area (Å²) in [5.41, 5.74) is 4.54. The lowest BCUT2D eigenvalue weighted by Gasteiger charge is -2.07. The van der Waals surface area contributed by atoms with Gasteiger partial charge in [-0.25, -0.2) is 4.98 Å². The van der Waals surface area contributed by atoms with Gasteiger partial charge >= 0.3 is 5.97 Å². The molecule has 0 radical (unpaired) electrons. The van der Waals surface area contributed by atoms with Crippen LogP contribution in [-0.4, -0.2) is 29.2 Å². The summed E-state index contributed by atoms with van der Waals surface area (Å²) in [6, 6.07) is 6.09. The maximum atomic E-state index is 11.1. The van der Waals surface area contributed by atoms with Gasteiger partial charge in [0.05, 0.1) is 25.6 Å². The third-order valence-electron chi connectivity index (χ3n) is 4.81. The van der Waals surface area contributed by atoms with Crippen LogP contribution in [0.5, 0.6) is 0 Å². The van der Waals surface area contributed by atoms with Crippen LogP contribution in [0.4, 0.5) is 5.13 Å². The molecule has 6 nitrogen and oxygen atoms in total. The number of unbranched alkanes of at least 4 members (excludes halogenated alkanes) is 2. The van der Waals surface area contributed by atoms with E-state index in [9.17, 15) is 4.79 Å². The van der Waals surface area contributed by atoms with Crippen LogP contribution < -0.4 is 5.32 Å². The van der Waals surface area contributed by atoms with Crippen LogP contribution in [0.1, 0.15) is 42.8 Å². The zero-order valence-electron chi connectivity index (χ0n) is 16.7. The molecule has 0 aliphatic carbocycles. The number of methoxy groups -OCH3 is 1. The van der Waals surface area contributed by atoms with Crippen molar-refractivity contribution in [2.75, 3.05) is 19.0 Å². The lowest BCUT2D eigenvalue weighted by atomic mass is 10.2. The van der Waals surface area contributed by atoms with Gasteiger partial charge in [-0.1, -0.05) is 6.42 Å². The molecule has 28 heavy (non-hydrogen) atoms. The summed E-state index contributed by atoms with van der Waals surface area (Å²) < 4.78 is 12.4. The van der Waals surface area contributed by atoms with E-state index in [1.165, 1.54) is 18.5 Å². The number of hydrogen-bond donors (Lipinski definition) is 1. The third-order valence-corrected chi connectivity index (χ3v) is 5.61. The molecule has 0 aromatic carbocycles. The van der Waals surface area contributed by atoms with E-state index in [2.05, 4.69) is 39.9 Å². The summed E-state index contributed by atoms with van der Waals surface area (Å²) in [6.07, 6.45) is 5.06. The fraction of sp³-hybridized carbons (Fsp3) is 0.429. The van der Waals surface area contributed by atoms with Gasteiger partial charge < -0.3 is 19.0 Å². The van der Waals surface area contributed by atoms with E-state index in [4.69, 9.17) is 9.40 Å². The van der Waals surface area contributed by atoms with Crippen molar-refractivity contribution in [3.63, 3.8) is 0 Å². The minimum atomic E-state index is -0.137. The van der Waals surface area contributed by atoms with Gasteiger partial charge in [-0.3, -0.25) is 4.79 Å². The van der Waals surface area contributed by atoms with Crippen molar-refractivity contribution in [3.8, 4) is 11.3 Å². The van der Waals surface area contributed by atoms with Crippen molar-refractivity contribution < 1.29 is 13.9 Å². The van der Waals surface area contributed by atoms with E-state index in [1.54, 1.807) is 17.6 Å². The number of aryl methyl sites for hydroxylation is 1. The number of rotatable bonds is 10. The molecule has 0 saturated carbocycles. The smallest absolute Gasteiger partial charge is 0.305 e. The number of nitrogens with one attached hydrogen (secondary N) is 1. The molecule has 3 heterocycles. The van der Waals surface area contributed by atoms with Gasteiger partial charge in [0.15, 0.2) is 5.13 Å². The molecular weight excluding hydrogens is 374 g/mol. The standard InChI is InChI=1S/C21H27N3O3S/c1-15-12-18(16(2)24(15)13-17-8-7-11-27-17)19-14-28-21(23-19)22-10-6-4-5-9-20(25)26-3/h7-8,11-12,14H,4-6,9-10,13H2,1-3H3,(H,22,23). The fourth-order valence-corrected chi connectivity index (χ4v) is 3.95. The van der Waals surface area contributed by atoms with Gasteiger partial charge in [0.1, 0.15) is 5.76 Å². The highest BCUT2D eigenvalue weighted by Crippen LogP contribution is 2.30. The molecule has 0 unspecified atom stereocenters. The molecule has 0 spiro atoms. The molecule has 0 atom stereocenters. The van der Waals surface area contributed by atoms with Crippen LogP contribution >= 0.6 is 11.3 Å². The second-order valence-corrected chi connectivity index (χ2v) is 7.66. The first-order chi connectivity index (χ1) is 13.6. The van der Waals surface area contributed by atoms with Crippen LogP contribution in [0.25, 0.3) is 11.3 Å². The van der Waals surface area contributed by atoms with E-state index in [0.717, 1.165) is 54.5 Å². The first-order valence-corrected chi connectivity index (χ1v) is 10.4. The van der Waals surface area contributed by atoms with Gasteiger partial charge in [-0.2, -0.15) is 0 Å². The van der Waals surface area contributed by atoms with E-state index in [0.29, 0.717) is 6.42 Å². The highest BCUT2D eigenvalue weighted by Gasteiger charge is 2.14. The first kappa shape index (κ1) is 20.2. The molecular formula is C21H27N3O3S. The van der Waals surface area contributed by atoms with Gasteiger partial charge in [0, 0.05) is 35.3 Å².